The van der Waals surface area contributed by atoms with Crippen LogP contribution in [0.3, 0.4) is 0 Å². The van der Waals surface area contributed by atoms with Gasteiger partial charge in [0.15, 0.2) is 10.3 Å². The van der Waals surface area contributed by atoms with Crippen LogP contribution in [0.15, 0.2) is 136 Å². The van der Waals surface area contributed by atoms with Gasteiger partial charge < -0.3 is 30.7 Å². The van der Waals surface area contributed by atoms with Crippen LogP contribution in [0.2, 0.25) is 0 Å². The van der Waals surface area contributed by atoms with Crippen LogP contribution in [0.5, 0.6) is 11.5 Å². The Morgan fingerprint density at radius 1 is 0.600 bits per heavy atom. The fraction of sp³-hybridized carbons (Fsp3) is 0.174. The number of nitrogens with one attached hydrogen (secondary N) is 4. The van der Waals surface area contributed by atoms with Crippen LogP contribution in [-0.4, -0.2) is 36.0 Å². The van der Waals surface area contributed by atoms with Gasteiger partial charge in [-0.15, -0.1) is 0 Å². The van der Waals surface area contributed by atoms with E-state index in [1.165, 1.54) is 28.2 Å². The van der Waals surface area contributed by atoms with E-state index in [-0.39, 0.29) is 17.2 Å². The lowest BCUT2D eigenvalue weighted by molar-refractivity contribution is 0.0946. The maximum atomic E-state index is 13.1. The lowest BCUT2D eigenvalue weighted by Crippen LogP contribution is -2.22. The summed E-state index contributed by atoms with van der Waals surface area (Å²) in [5, 5.41) is 13.7. The zero-order valence-electron chi connectivity index (χ0n) is 33.6. The van der Waals surface area contributed by atoms with E-state index < -0.39 is 0 Å². The third kappa shape index (κ3) is 11.8. The van der Waals surface area contributed by atoms with Crippen LogP contribution >= 0.6 is 54.5 Å². The first-order chi connectivity index (χ1) is 28.9. The minimum absolute atomic E-state index is 0.111. The molecule has 2 amide bonds. The van der Waals surface area contributed by atoms with E-state index in [4.69, 9.17) is 14.5 Å². The molecule has 0 bridgehead atoms. The average Bonchev–Trinajstić information content (AvgIpc) is 3.86. The van der Waals surface area contributed by atoms with Gasteiger partial charge in [0.05, 0.1) is 31.3 Å². The van der Waals surface area contributed by atoms with Crippen LogP contribution < -0.4 is 30.7 Å². The summed E-state index contributed by atoms with van der Waals surface area (Å²) in [7, 11) is 3.24. The maximum Gasteiger partial charge on any atom is 0.264 e. The number of hydrogen-bond donors (Lipinski definition) is 4. The lowest BCUT2D eigenvalue weighted by atomic mass is 9.87. The van der Waals surface area contributed by atoms with Crippen LogP contribution in [0.25, 0.3) is 11.3 Å². The number of amides is 2. The second kappa shape index (κ2) is 20.6. The summed E-state index contributed by atoms with van der Waals surface area (Å²) >= 11 is 9.42. The Hall–Kier alpha value is -5.54. The van der Waals surface area contributed by atoms with E-state index in [2.05, 4.69) is 103 Å². The van der Waals surface area contributed by atoms with E-state index in [9.17, 15) is 9.59 Å². The molecule has 14 heteroatoms. The zero-order chi connectivity index (χ0) is 42.6. The van der Waals surface area contributed by atoms with Gasteiger partial charge >= 0.3 is 0 Å². The molecule has 0 atom stereocenters. The first-order valence-corrected chi connectivity index (χ1v) is 22.1. The molecule has 60 heavy (non-hydrogen) atoms. The maximum absolute atomic E-state index is 13.1. The number of rotatable bonds is 13. The molecule has 2 aromatic heterocycles. The van der Waals surface area contributed by atoms with E-state index >= 15 is 0 Å². The number of thiazole rings is 2. The number of nitrogens with zero attached hydrogens (tertiary/aromatic N) is 2. The molecule has 0 spiro atoms. The van der Waals surface area contributed by atoms with Gasteiger partial charge in [-0.25, -0.2) is 9.97 Å². The standard InChI is InChI=1S/C24H20BrN3O2S.C22H24BrN3O2S/c1-30-20-10-6-5-9-19(20)27-24-28-21(17-7-3-2-4-8-17)22(31-24)23(29)26-15-16-11-13-18(25)14-12-16;1-22(2,3)15-11-9-14(10-12-15)13-24-20(27)18-19(23)26-21(29-18)25-16-7-5-6-8-17(16)28-4/h2-14H,15H2,1H3,(H,26,29)(H,27,28);5-12H,13H2,1-4H3,(H,24,27)(H,25,26). The monoisotopic (exact) mass is 966 g/mol. The van der Waals surface area contributed by atoms with Crippen molar-refractivity contribution in [2.24, 2.45) is 0 Å². The highest BCUT2D eigenvalue weighted by Gasteiger charge is 2.21. The summed E-state index contributed by atoms with van der Waals surface area (Å²) in [4.78, 5) is 35.9. The van der Waals surface area contributed by atoms with Gasteiger partial charge in [-0.2, -0.15) is 0 Å². The molecule has 308 valence electrons. The van der Waals surface area contributed by atoms with Crippen LogP contribution in [0, 0.1) is 0 Å². The molecule has 0 radical (unpaired) electrons. The Bertz CT molecular complexity index is 2520. The number of anilines is 4. The van der Waals surface area contributed by atoms with Crippen molar-refractivity contribution >= 4 is 88.0 Å². The van der Waals surface area contributed by atoms with E-state index in [0.717, 1.165) is 32.5 Å². The van der Waals surface area contributed by atoms with Gasteiger partial charge in [0.1, 0.15) is 25.9 Å². The van der Waals surface area contributed by atoms with Crippen LogP contribution in [0.1, 0.15) is 56.8 Å². The largest absolute Gasteiger partial charge is 0.495 e. The molecule has 10 nitrogen and oxygen atoms in total. The number of halogens is 2. The van der Waals surface area contributed by atoms with Crippen molar-refractivity contribution in [3.63, 3.8) is 0 Å². The summed E-state index contributed by atoms with van der Waals surface area (Å²) in [5.74, 6) is 1.10. The average molecular weight is 969 g/mol. The molecule has 0 aliphatic heterocycles. The van der Waals surface area contributed by atoms with Crippen molar-refractivity contribution in [3.05, 3.63) is 163 Å². The molecule has 4 N–H and O–H groups in total. The number of para-hydroxylation sites is 4. The zero-order valence-corrected chi connectivity index (χ0v) is 38.4. The molecule has 2 heterocycles. The number of carbonyl (C=O) groups excluding carboxylic acids is 2. The van der Waals surface area contributed by atoms with E-state index in [0.29, 0.717) is 54.9 Å². The van der Waals surface area contributed by atoms with Gasteiger partial charge in [0.25, 0.3) is 11.8 Å². The molecular weight excluding hydrogens is 924 g/mol. The Kier molecular flexibility index (Phi) is 15.1. The van der Waals surface area contributed by atoms with Gasteiger partial charge in [0, 0.05) is 23.1 Å². The fourth-order valence-electron chi connectivity index (χ4n) is 5.79. The number of benzene rings is 5. The number of carbonyl (C=O) groups is 2. The van der Waals surface area contributed by atoms with Crippen molar-refractivity contribution in [1.82, 2.24) is 20.6 Å². The Morgan fingerprint density at radius 3 is 1.60 bits per heavy atom. The highest BCUT2D eigenvalue weighted by atomic mass is 79.9. The fourth-order valence-corrected chi connectivity index (χ4v) is 8.47. The van der Waals surface area contributed by atoms with Gasteiger partial charge in [-0.3, -0.25) is 9.59 Å². The Morgan fingerprint density at radius 2 is 1.07 bits per heavy atom. The van der Waals surface area contributed by atoms with Crippen LogP contribution in [-0.2, 0) is 18.5 Å². The van der Waals surface area contributed by atoms with Crippen molar-refractivity contribution < 1.29 is 19.1 Å². The highest BCUT2D eigenvalue weighted by molar-refractivity contribution is 9.10. The summed E-state index contributed by atoms with van der Waals surface area (Å²) in [6, 6.07) is 41.1. The van der Waals surface area contributed by atoms with Crippen LogP contribution in [0.4, 0.5) is 21.6 Å². The smallest absolute Gasteiger partial charge is 0.264 e. The van der Waals surface area contributed by atoms with Crippen molar-refractivity contribution in [2.75, 3.05) is 24.9 Å². The molecule has 0 unspecified atom stereocenters. The highest BCUT2D eigenvalue weighted by Crippen LogP contribution is 2.36. The van der Waals surface area contributed by atoms with Crippen molar-refractivity contribution in [2.45, 2.75) is 39.3 Å². The molecule has 0 aliphatic carbocycles. The molecule has 0 saturated carbocycles. The summed E-state index contributed by atoms with van der Waals surface area (Å²) in [6.07, 6.45) is 0. The summed E-state index contributed by atoms with van der Waals surface area (Å²) in [6.45, 7) is 7.45. The molecular formula is C46H44Br2N6O4S2. The SMILES string of the molecule is COc1ccccc1Nc1nc(-c2ccccc2)c(C(=O)NCc2ccc(Br)cc2)s1.COc1ccccc1Nc1nc(Br)c(C(=O)NCc2ccc(C(C)(C)C)cc2)s1. The second-order valence-electron chi connectivity index (χ2n) is 14.3. The second-order valence-corrected chi connectivity index (χ2v) is 18.0. The predicted molar refractivity (Wildman–Crippen MR) is 252 cm³/mol. The lowest BCUT2D eigenvalue weighted by Gasteiger charge is -2.19. The number of ether oxygens (including phenoxy) is 2. The van der Waals surface area contributed by atoms with Gasteiger partial charge in [-0.05, 0) is 74.4 Å². The van der Waals surface area contributed by atoms with Crippen molar-refractivity contribution in [3.8, 4) is 22.8 Å². The van der Waals surface area contributed by atoms with Gasteiger partial charge in [-0.1, -0.05) is 150 Å². The minimum atomic E-state index is -0.164. The molecule has 0 fully saturated rings. The van der Waals surface area contributed by atoms with Crippen molar-refractivity contribution in [1.29, 1.82) is 0 Å². The normalized spacial score (nSPS) is 10.8. The number of methoxy groups -OCH3 is 2. The van der Waals surface area contributed by atoms with Gasteiger partial charge in [0.2, 0.25) is 0 Å². The topological polar surface area (TPSA) is 126 Å². The third-order valence-corrected chi connectivity index (χ3v) is 12.3. The first-order valence-electron chi connectivity index (χ1n) is 18.8. The Balaban J connectivity index is 0.000000202. The van der Waals surface area contributed by atoms with E-state index in [1.54, 1.807) is 14.2 Å². The number of hydrogen-bond acceptors (Lipinski definition) is 10. The molecule has 5 aromatic carbocycles. The molecule has 0 aliphatic rings. The Labute approximate surface area is 375 Å². The molecule has 7 aromatic rings. The van der Waals surface area contributed by atoms with E-state index in [1.807, 2.05) is 103 Å². The predicted octanol–water partition coefficient (Wildman–Crippen LogP) is 12.1. The molecule has 7 rings (SSSR count). The quantitative estimate of drug-likeness (QED) is 0.0900. The molecule has 0 saturated heterocycles. The minimum Gasteiger partial charge on any atom is -0.495 e. The first kappa shape index (κ1) is 44.0. The number of aromatic nitrogens is 2. The summed E-state index contributed by atoms with van der Waals surface area (Å²) in [5.41, 5.74) is 6.58. The summed E-state index contributed by atoms with van der Waals surface area (Å²) < 4.78 is 12.3. The third-order valence-electron chi connectivity index (χ3n) is 9.01.